The Morgan fingerprint density at radius 3 is 2.42 bits per heavy atom. The summed E-state index contributed by atoms with van der Waals surface area (Å²) in [6.07, 6.45) is 0. The lowest BCUT2D eigenvalue weighted by Crippen LogP contribution is -1.94. The highest BCUT2D eigenvalue weighted by atomic mass is 19.1. The molecule has 0 aliphatic rings. The molecular formula is C13H10FNO4. The largest absolute Gasteiger partial charge is 0.493 e. The molecular weight excluding hydrogens is 253 g/mol. The molecule has 0 saturated carbocycles. The Bertz CT molecular complexity index is 615. The Morgan fingerprint density at radius 1 is 1.16 bits per heavy atom. The minimum atomic E-state index is -0.947. The van der Waals surface area contributed by atoms with Gasteiger partial charge in [-0.2, -0.15) is 4.39 Å². The van der Waals surface area contributed by atoms with Crippen LogP contribution in [-0.2, 0) is 0 Å². The summed E-state index contributed by atoms with van der Waals surface area (Å²) in [4.78, 5) is 9.71. The van der Waals surface area contributed by atoms with Gasteiger partial charge in [0.05, 0.1) is 12.0 Å². The number of nitrogens with zero attached hydrogens (tertiary/aromatic N) is 1. The highest BCUT2D eigenvalue weighted by Crippen LogP contribution is 2.32. The van der Waals surface area contributed by atoms with Gasteiger partial charge in [0.2, 0.25) is 5.82 Å². The van der Waals surface area contributed by atoms with Gasteiger partial charge in [-0.3, -0.25) is 10.1 Å². The van der Waals surface area contributed by atoms with Crippen LogP contribution in [0.5, 0.6) is 17.2 Å². The highest BCUT2D eigenvalue weighted by Gasteiger charge is 2.15. The summed E-state index contributed by atoms with van der Waals surface area (Å²) in [5, 5.41) is 10.5. The van der Waals surface area contributed by atoms with Gasteiger partial charge in [-0.05, 0) is 18.2 Å². The Labute approximate surface area is 108 Å². The Kier molecular flexibility index (Phi) is 3.61. The molecule has 2 aromatic carbocycles. The van der Waals surface area contributed by atoms with Crippen LogP contribution in [0.15, 0.2) is 42.5 Å². The number of halogens is 1. The second kappa shape index (κ2) is 5.34. The van der Waals surface area contributed by atoms with Crippen molar-refractivity contribution in [3.05, 3.63) is 58.4 Å². The van der Waals surface area contributed by atoms with Crippen molar-refractivity contribution < 1.29 is 18.8 Å². The summed E-state index contributed by atoms with van der Waals surface area (Å²) < 4.78 is 23.9. The van der Waals surface area contributed by atoms with Crippen molar-refractivity contribution in [3.8, 4) is 17.2 Å². The van der Waals surface area contributed by atoms with Crippen molar-refractivity contribution >= 4 is 5.69 Å². The highest BCUT2D eigenvalue weighted by molar-refractivity contribution is 5.44. The van der Waals surface area contributed by atoms with E-state index in [1.54, 1.807) is 24.3 Å². The number of nitro groups is 1. The zero-order chi connectivity index (χ0) is 13.8. The molecule has 0 unspecified atom stereocenters. The predicted octanol–water partition coefficient (Wildman–Crippen LogP) is 3.53. The molecule has 0 aliphatic carbocycles. The third-order valence-corrected chi connectivity index (χ3v) is 2.41. The van der Waals surface area contributed by atoms with E-state index >= 15 is 0 Å². The number of hydrogen-bond acceptors (Lipinski definition) is 4. The molecule has 0 aromatic heterocycles. The summed E-state index contributed by atoms with van der Waals surface area (Å²) in [6, 6.07) is 10.2. The summed E-state index contributed by atoms with van der Waals surface area (Å²) in [7, 11) is 1.48. The molecule has 2 rings (SSSR count). The fourth-order valence-corrected chi connectivity index (χ4v) is 1.53. The summed E-state index contributed by atoms with van der Waals surface area (Å²) in [6.45, 7) is 0. The topological polar surface area (TPSA) is 61.6 Å². The van der Waals surface area contributed by atoms with E-state index in [4.69, 9.17) is 9.47 Å². The molecule has 0 amide bonds. The number of rotatable bonds is 4. The second-order valence-corrected chi connectivity index (χ2v) is 3.62. The zero-order valence-corrected chi connectivity index (χ0v) is 10.00. The molecule has 0 spiro atoms. The van der Waals surface area contributed by atoms with Gasteiger partial charge < -0.3 is 9.47 Å². The molecule has 6 heteroatoms. The first kappa shape index (κ1) is 12.8. The molecule has 0 heterocycles. The summed E-state index contributed by atoms with van der Waals surface area (Å²) in [5.41, 5.74) is -0.590. The van der Waals surface area contributed by atoms with Crippen molar-refractivity contribution in [1.82, 2.24) is 0 Å². The number of ether oxygens (including phenoxy) is 2. The quantitative estimate of drug-likeness (QED) is 0.625. The van der Waals surface area contributed by atoms with E-state index in [0.717, 1.165) is 12.1 Å². The van der Waals surface area contributed by atoms with Gasteiger partial charge in [0.1, 0.15) is 5.75 Å². The third kappa shape index (κ3) is 2.79. The van der Waals surface area contributed by atoms with Crippen molar-refractivity contribution in [2.75, 3.05) is 7.11 Å². The number of hydrogen-bond donors (Lipinski definition) is 0. The van der Waals surface area contributed by atoms with Gasteiger partial charge in [0.15, 0.2) is 11.5 Å². The summed E-state index contributed by atoms with van der Waals surface area (Å²) >= 11 is 0. The molecule has 0 radical (unpaired) electrons. The van der Waals surface area contributed by atoms with Crippen LogP contribution < -0.4 is 9.47 Å². The molecule has 19 heavy (non-hydrogen) atoms. The molecule has 2 aromatic rings. The molecule has 0 N–H and O–H groups in total. The van der Waals surface area contributed by atoms with Crippen molar-refractivity contribution in [2.45, 2.75) is 0 Å². The SMILES string of the molecule is COc1ccccc1Oc1ccc([N+](=O)[O-])c(F)c1. The fourth-order valence-electron chi connectivity index (χ4n) is 1.53. The predicted molar refractivity (Wildman–Crippen MR) is 66.1 cm³/mol. The standard InChI is InChI=1S/C13H10FNO4/c1-18-12-4-2-3-5-13(12)19-9-6-7-11(15(16)17)10(14)8-9/h2-8H,1H3. The van der Waals surface area contributed by atoms with E-state index in [1.807, 2.05) is 0 Å². The maximum absolute atomic E-state index is 13.4. The molecule has 5 nitrogen and oxygen atoms in total. The lowest BCUT2D eigenvalue weighted by molar-refractivity contribution is -0.387. The average Bonchev–Trinajstić information content (AvgIpc) is 2.39. The van der Waals surface area contributed by atoms with E-state index in [2.05, 4.69) is 0 Å². The Balaban J connectivity index is 2.29. The fraction of sp³-hybridized carbons (Fsp3) is 0.0769. The monoisotopic (exact) mass is 263 g/mol. The van der Waals surface area contributed by atoms with Crippen LogP contribution in [-0.4, -0.2) is 12.0 Å². The van der Waals surface area contributed by atoms with Crippen LogP contribution in [0.25, 0.3) is 0 Å². The van der Waals surface area contributed by atoms with Crippen LogP contribution in [0.1, 0.15) is 0 Å². The molecule has 0 atom stereocenters. The first-order valence-electron chi connectivity index (χ1n) is 5.36. The third-order valence-electron chi connectivity index (χ3n) is 2.41. The van der Waals surface area contributed by atoms with Gasteiger partial charge in [0.25, 0.3) is 0 Å². The van der Waals surface area contributed by atoms with Crippen LogP contribution >= 0.6 is 0 Å². The minimum Gasteiger partial charge on any atom is -0.493 e. The van der Waals surface area contributed by atoms with Crippen LogP contribution in [0.4, 0.5) is 10.1 Å². The molecule has 0 bridgehead atoms. The minimum absolute atomic E-state index is 0.160. The normalized spacial score (nSPS) is 10.0. The van der Waals surface area contributed by atoms with Crippen LogP contribution in [0.2, 0.25) is 0 Å². The van der Waals surface area contributed by atoms with Gasteiger partial charge in [0, 0.05) is 12.1 Å². The van der Waals surface area contributed by atoms with E-state index in [-0.39, 0.29) is 5.75 Å². The summed E-state index contributed by atoms with van der Waals surface area (Å²) in [5.74, 6) is 0.101. The average molecular weight is 263 g/mol. The first-order valence-corrected chi connectivity index (χ1v) is 5.36. The number of methoxy groups -OCH3 is 1. The van der Waals surface area contributed by atoms with E-state index in [0.29, 0.717) is 11.5 Å². The Hall–Kier alpha value is -2.63. The van der Waals surface area contributed by atoms with Crippen LogP contribution in [0, 0.1) is 15.9 Å². The molecule has 0 saturated heterocycles. The van der Waals surface area contributed by atoms with Crippen molar-refractivity contribution in [2.24, 2.45) is 0 Å². The van der Waals surface area contributed by atoms with E-state index in [9.17, 15) is 14.5 Å². The molecule has 0 aliphatic heterocycles. The van der Waals surface area contributed by atoms with E-state index < -0.39 is 16.4 Å². The van der Waals surface area contributed by atoms with E-state index in [1.165, 1.54) is 13.2 Å². The maximum atomic E-state index is 13.4. The first-order chi connectivity index (χ1) is 9.11. The van der Waals surface area contributed by atoms with Crippen molar-refractivity contribution in [3.63, 3.8) is 0 Å². The van der Waals surface area contributed by atoms with Gasteiger partial charge >= 0.3 is 5.69 Å². The van der Waals surface area contributed by atoms with Gasteiger partial charge in [-0.15, -0.1) is 0 Å². The molecule has 0 fully saturated rings. The lowest BCUT2D eigenvalue weighted by Gasteiger charge is -2.09. The number of benzene rings is 2. The van der Waals surface area contributed by atoms with Crippen molar-refractivity contribution in [1.29, 1.82) is 0 Å². The van der Waals surface area contributed by atoms with Crippen LogP contribution in [0.3, 0.4) is 0 Å². The van der Waals surface area contributed by atoms with Gasteiger partial charge in [-0.25, -0.2) is 0 Å². The Morgan fingerprint density at radius 2 is 1.84 bits per heavy atom. The maximum Gasteiger partial charge on any atom is 0.305 e. The lowest BCUT2D eigenvalue weighted by atomic mass is 10.3. The number of para-hydroxylation sites is 2. The number of nitro benzene ring substituents is 1. The smallest absolute Gasteiger partial charge is 0.305 e. The second-order valence-electron chi connectivity index (χ2n) is 3.62. The van der Waals surface area contributed by atoms with Gasteiger partial charge in [-0.1, -0.05) is 12.1 Å². The molecule has 98 valence electrons. The zero-order valence-electron chi connectivity index (χ0n) is 10.00.